The van der Waals surface area contributed by atoms with Gasteiger partial charge in [0.15, 0.2) is 0 Å². The highest BCUT2D eigenvalue weighted by Crippen LogP contribution is 2.26. The minimum atomic E-state index is -3.76. The Morgan fingerprint density at radius 1 is 1.42 bits per heavy atom. The van der Waals surface area contributed by atoms with E-state index in [9.17, 15) is 13.2 Å². The molecule has 19 heavy (non-hydrogen) atoms. The van der Waals surface area contributed by atoms with E-state index in [2.05, 4.69) is 5.32 Å². The Morgan fingerprint density at radius 2 is 2.05 bits per heavy atom. The fourth-order valence-corrected chi connectivity index (χ4v) is 2.88. The molecule has 0 heterocycles. The number of sulfonamides is 1. The summed E-state index contributed by atoms with van der Waals surface area (Å²) >= 11 is 0. The summed E-state index contributed by atoms with van der Waals surface area (Å²) in [5.74, 6) is -0.118. The van der Waals surface area contributed by atoms with Crippen LogP contribution < -0.4 is 10.1 Å². The number of hydrogen-bond donors (Lipinski definition) is 1. The van der Waals surface area contributed by atoms with Crippen LogP contribution in [-0.4, -0.2) is 46.4 Å². The molecule has 0 spiro atoms. The van der Waals surface area contributed by atoms with Gasteiger partial charge in [-0.3, -0.25) is 4.79 Å². The van der Waals surface area contributed by atoms with Crippen LogP contribution in [0.3, 0.4) is 0 Å². The van der Waals surface area contributed by atoms with Gasteiger partial charge in [-0.05, 0) is 24.6 Å². The number of aryl methyl sites for hydroxylation is 1. The molecule has 0 aliphatic heterocycles. The van der Waals surface area contributed by atoms with Crippen molar-refractivity contribution >= 4 is 15.9 Å². The van der Waals surface area contributed by atoms with E-state index in [4.69, 9.17) is 4.74 Å². The average Bonchev–Trinajstić information content (AvgIpc) is 2.38. The van der Waals surface area contributed by atoms with Gasteiger partial charge >= 0.3 is 0 Å². The second-order valence-corrected chi connectivity index (χ2v) is 6.10. The summed E-state index contributed by atoms with van der Waals surface area (Å²) in [6.07, 6.45) is 0. The minimum Gasteiger partial charge on any atom is -0.495 e. The average molecular weight is 286 g/mol. The number of rotatable bonds is 5. The molecule has 0 unspecified atom stereocenters. The Labute approximate surface area is 113 Å². The molecule has 7 heteroatoms. The van der Waals surface area contributed by atoms with Crippen LogP contribution in [0.5, 0.6) is 5.75 Å². The number of methoxy groups -OCH3 is 1. The van der Waals surface area contributed by atoms with E-state index >= 15 is 0 Å². The van der Waals surface area contributed by atoms with Gasteiger partial charge in [0.2, 0.25) is 15.9 Å². The molecule has 0 radical (unpaired) electrons. The summed E-state index contributed by atoms with van der Waals surface area (Å²) in [7, 11) is 0.451. The van der Waals surface area contributed by atoms with Gasteiger partial charge in [0.05, 0.1) is 13.7 Å². The first-order valence-electron chi connectivity index (χ1n) is 5.64. The number of hydrogen-bond acceptors (Lipinski definition) is 4. The number of carbonyl (C=O) groups excluding carboxylic acids is 1. The maximum absolute atomic E-state index is 12.4. The van der Waals surface area contributed by atoms with Crippen molar-refractivity contribution in [2.75, 3.05) is 27.7 Å². The largest absolute Gasteiger partial charge is 0.495 e. The van der Waals surface area contributed by atoms with Crippen LogP contribution >= 0.6 is 0 Å². The maximum Gasteiger partial charge on any atom is 0.246 e. The predicted molar refractivity (Wildman–Crippen MR) is 71.6 cm³/mol. The number of nitrogens with one attached hydrogen (secondary N) is 1. The lowest BCUT2D eigenvalue weighted by Gasteiger charge is -2.18. The van der Waals surface area contributed by atoms with E-state index in [1.165, 1.54) is 27.3 Å². The molecular formula is C12H18N2O4S. The van der Waals surface area contributed by atoms with Gasteiger partial charge in [-0.15, -0.1) is 0 Å². The van der Waals surface area contributed by atoms with Gasteiger partial charge in [-0.2, -0.15) is 4.31 Å². The molecule has 1 amide bonds. The van der Waals surface area contributed by atoms with E-state index in [1.807, 2.05) is 0 Å². The maximum atomic E-state index is 12.4. The van der Waals surface area contributed by atoms with Crippen LogP contribution in [0, 0.1) is 6.92 Å². The summed E-state index contributed by atoms with van der Waals surface area (Å²) in [5, 5.41) is 2.38. The number of ether oxygens (including phenoxy) is 1. The van der Waals surface area contributed by atoms with Gasteiger partial charge in [-0.1, -0.05) is 6.07 Å². The van der Waals surface area contributed by atoms with Gasteiger partial charge in [-0.25, -0.2) is 8.42 Å². The first-order chi connectivity index (χ1) is 8.82. The summed E-state index contributed by atoms with van der Waals surface area (Å²) in [6, 6.07) is 4.88. The smallest absolute Gasteiger partial charge is 0.246 e. The molecule has 1 aromatic carbocycles. The zero-order valence-corrected chi connectivity index (χ0v) is 12.2. The molecule has 1 N–H and O–H groups in total. The van der Waals surface area contributed by atoms with Crippen molar-refractivity contribution in [1.82, 2.24) is 9.62 Å². The van der Waals surface area contributed by atoms with Crippen molar-refractivity contribution in [3.8, 4) is 5.75 Å². The molecule has 0 fully saturated rings. The molecule has 0 atom stereocenters. The lowest BCUT2D eigenvalue weighted by Crippen LogP contribution is -2.37. The Kier molecular flexibility index (Phi) is 4.90. The molecule has 1 rings (SSSR count). The first-order valence-corrected chi connectivity index (χ1v) is 7.08. The molecule has 0 bridgehead atoms. The molecular weight excluding hydrogens is 268 g/mol. The fourth-order valence-electron chi connectivity index (χ4n) is 1.52. The van der Waals surface area contributed by atoms with Crippen LogP contribution in [-0.2, 0) is 14.8 Å². The third-order valence-electron chi connectivity index (χ3n) is 2.65. The summed E-state index contributed by atoms with van der Waals surface area (Å²) in [6.45, 7) is 1.55. The standard InChI is InChI=1S/C12H18N2O4S/c1-9-5-6-10(18-4)11(7-9)19(16,17)14(3)8-12(15)13-2/h5-7H,8H2,1-4H3,(H,13,15). The first kappa shape index (κ1) is 15.5. The van der Waals surface area contributed by atoms with Gasteiger partial charge in [0.25, 0.3) is 0 Å². The lowest BCUT2D eigenvalue weighted by molar-refractivity contribution is -0.120. The van der Waals surface area contributed by atoms with E-state index < -0.39 is 10.0 Å². The highest BCUT2D eigenvalue weighted by Gasteiger charge is 2.26. The zero-order valence-electron chi connectivity index (χ0n) is 11.4. The Morgan fingerprint density at radius 3 is 2.58 bits per heavy atom. The normalized spacial score (nSPS) is 11.4. The number of nitrogens with zero attached hydrogens (tertiary/aromatic N) is 1. The monoisotopic (exact) mass is 286 g/mol. The van der Waals surface area contributed by atoms with Crippen molar-refractivity contribution in [2.24, 2.45) is 0 Å². The van der Waals surface area contributed by atoms with Gasteiger partial charge < -0.3 is 10.1 Å². The topological polar surface area (TPSA) is 75.7 Å². The highest BCUT2D eigenvalue weighted by atomic mass is 32.2. The summed E-state index contributed by atoms with van der Waals surface area (Å²) < 4.78 is 30.8. The Hall–Kier alpha value is -1.60. The number of carbonyl (C=O) groups is 1. The van der Waals surface area contributed by atoms with Crippen LogP contribution in [0.25, 0.3) is 0 Å². The summed E-state index contributed by atoms with van der Waals surface area (Å²) in [5.41, 5.74) is 0.799. The van der Waals surface area contributed by atoms with Crippen molar-refractivity contribution in [3.63, 3.8) is 0 Å². The predicted octanol–water partition coefficient (Wildman–Crippen LogP) is 0.370. The van der Waals surface area contributed by atoms with Crippen molar-refractivity contribution < 1.29 is 17.9 Å². The zero-order chi connectivity index (χ0) is 14.6. The van der Waals surface area contributed by atoms with Crippen LogP contribution in [0.15, 0.2) is 23.1 Å². The molecule has 0 saturated heterocycles. The van der Waals surface area contributed by atoms with Crippen molar-refractivity contribution in [3.05, 3.63) is 23.8 Å². The Bertz CT molecular complexity index is 569. The third kappa shape index (κ3) is 3.45. The molecule has 0 aromatic heterocycles. The quantitative estimate of drug-likeness (QED) is 0.848. The molecule has 1 aromatic rings. The highest BCUT2D eigenvalue weighted by molar-refractivity contribution is 7.89. The SMILES string of the molecule is CNC(=O)CN(C)S(=O)(=O)c1cc(C)ccc1OC. The second kappa shape index (κ2) is 6.03. The Balaban J connectivity index is 3.19. The third-order valence-corrected chi connectivity index (χ3v) is 4.48. The molecule has 0 aliphatic rings. The fraction of sp³-hybridized carbons (Fsp3) is 0.417. The molecule has 106 valence electrons. The van der Waals surface area contributed by atoms with Crippen molar-refractivity contribution in [2.45, 2.75) is 11.8 Å². The van der Waals surface area contributed by atoms with E-state index in [0.717, 1.165) is 9.87 Å². The molecule has 0 aliphatic carbocycles. The van der Waals surface area contributed by atoms with Crippen LogP contribution in [0.2, 0.25) is 0 Å². The molecule has 0 saturated carbocycles. The number of likely N-dealkylation sites (N-methyl/N-ethyl adjacent to an activating group) is 2. The molecule has 6 nitrogen and oxygen atoms in total. The lowest BCUT2D eigenvalue weighted by atomic mass is 10.2. The van der Waals surface area contributed by atoms with Crippen LogP contribution in [0.1, 0.15) is 5.56 Å². The van der Waals surface area contributed by atoms with Gasteiger partial charge in [0.1, 0.15) is 10.6 Å². The summed E-state index contributed by atoms with van der Waals surface area (Å²) in [4.78, 5) is 11.3. The number of benzene rings is 1. The second-order valence-electron chi connectivity index (χ2n) is 4.09. The van der Waals surface area contributed by atoms with E-state index in [1.54, 1.807) is 19.1 Å². The van der Waals surface area contributed by atoms with Crippen LogP contribution in [0.4, 0.5) is 0 Å². The minimum absolute atomic E-state index is 0.0569. The van der Waals surface area contributed by atoms with E-state index in [-0.39, 0.29) is 23.1 Å². The van der Waals surface area contributed by atoms with Crippen molar-refractivity contribution in [1.29, 1.82) is 0 Å². The van der Waals surface area contributed by atoms with E-state index in [0.29, 0.717) is 0 Å². The van der Waals surface area contributed by atoms with Gasteiger partial charge in [0, 0.05) is 14.1 Å². The number of amides is 1.